The third-order valence-corrected chi connectivity index (χ3v) is 11.6. The smallest absolute Gasteiger partial charge is 0.298 e. The summed E-state index contributed by atoms with van der Waals surface area (Å²) >= 11 is 0. The summed E-state index contributed by atoms with van der Waals surface area (Å²) in [6.07, 6.45) is 7.50. The Morgan fingerprint density at radius 2 is 1.77 bits per heavy atom. The first-order valence-electron chi connectivity index (χ1n) is 15.9. The maximum Gasteiger partial charge on any atom is 0.298 e. The number of hydrogen-bond acceptors (Lipinski definition) is 7. The average Bonchev–Trinajstić information content (AvgIpc) is 3.64. The van der Waals surface area contributed by atoms with Gasteiger partial charge in [-0.1, -0.05) is 31.4 Å². The molecule has 5 aliphatic rings. The number of anilines is 1. The summed E-state index contributed by atoms with van der Waals surface area (Å²) < 4.78 is 31.0. The molecule has 1 aliphatic carbocycles. The molecule has 0 aromatic heterocycles. The highest BCUT2D eigenvalue weighted by atomic mass is 32.2. The molecule has 4 aliphatic heterocycles. The summed E-state index contributed by atoms with van der Waals surface area (Å²) in [5, 5.41) is 5.15. The average molecular weight is 622 g/mol. The maximum atomic E-state index is 14.7. The SMILES string of the molecule is COc1ccc2c(c1)CC(C)(C(=O)N1CC3CC1CN3C)CN1c3cc(C(=O)NS(N)(=O)=O)ccc3C(C3CCCCC3)C21. The fraction of sp³-hybridized carbons (Fsp3) is 0.576. The molecule has 5 atom stereocenters. The quantitative estimate of drug-likeness (QED) is 0.525. The molecule has 11 heteroatoms. The van der Waals surface area contributed by atoms with Gasteiger partial charge in [0.1, 0.15) is 5.75 Å². The van der Waals surface area contributed by atoms with E-state index in [2.05, 4.69) is 40.8 Å². The van der Waals surface area contributed by atoms with Gasteiger partial charge in [-0.3, -0.25) is 14.5 Å². The predicted molar refractivity (Wildman–Crippen MR) is 168 cm³/mol. The molecule has 44 heavy (non-hydrogen) atoms. The van der Waals surface area contributed by atoms with Crippen molar-refractivity contribution >= 4 is 27.7 Å². The largest absolute Gasteiger partial charge is 0.497 e. The molecule has 3 N–H and O–H groups in total. The normalized spacial score (nSPS) is 30.0. The summed E-state index contributed by atoms with van der Waals surface area (Å²) in [6.45, 7) is 4.25. The van der Waals surface area contributed by atoms with Gasteiger partial charge in [-0.05, 0) is 86.5 Å². The Balaban J connectivity index is 1.36. The fourth-order valence-electron chi connectivity index (χ4n) is 9.07. The highest BCUT2D eigenvalue weighted by molar-refractivity contribution is 7.87. The van der Waals surface area contributed by atoms with Crippen molar-refractivity contribution in [1.29, 1.82) is 0 Å². The van der Waals surface area contributed by atoms with Crippen LogP contribution in [-0.4, -0.2) is 75.9 Å². The van der Waals surface area contributed by atoms with Gasteiger partial charge >= 0.3 is 0 Å². The standard InChI is InChI=1S/C33H43N5O5S/c1-33(32(40)37-18-23-15-24(37)17-36(23)2)16-22-13-25(43-3)10-12-26(22)30-29(20-7-5-4-6-8-20)27-11-9-21(14-28(27)38(30)19-33)31(39)35-44(34,41)42/h9-14,20,23-24,29-30H,4-8,15-19H2,1-3H3,(H,35,39)(H2,34,41,42). The third-order valence-electron chi connectivity index (χ3n) is 11.1. The summed E-state index contributed by atoms with van der Waals surface area (Å²) in [7, 11) is -0.396. The molecule has 2 saturated heterocycles. The molecule has 2 amide bonds. The topological polar surface area (TPSA) is 125 Å². The first kappa shape index (κ1) is 29.6. The highest BCUT2D eigenvalue weighted by Crippen LogP contribution is 2.58. The predicted octanol–water partition coefficient (Wildman–Crippen LogP) is 3.33. The number of ether oxygens (including phenoxy) is 1. The molecule has 1 saturated carbocycles. The monoisotopic (exact) mass is 621 g/mol. The number of nitrogens with two attached hydrogens (primary N) is 1. The molecule has 2 bridgehead atoms. The summed E-state index contributed by atoms with van der Waals surface area (Å²) in [4.78, 5) is 34.5. The Labute approximate surface area is 260 Å². The van der Waals surface area contributed by atoms with Gasteiger partial charge in [0.2, 0.25) is 5.91 Å². The van der Waals surface area contributed by atoms with Crippen molar-refractivity contribution in [2.45, 2.75) is 75.9 Å². The van der Waals surface area contributed by atoms with Gasteiger partial charge < -0.3 is 14.5 Å². The lowest BCUT2D eigenvalue weighted by Gasteiger charge is -2.41. The summed E-state index contributed by atoms with van der Waals surface area (Å²) in [5.74, 6) is 0.839. The van der Waals surface area contributed by atoms with E-state index in [1.54, 1.807) is 19.2 Å². The molecule has 5 unspecified atom stereocenters. The molecule has 236 valence electrons. The Hall–Kier alpha value is -3.15. The van der Waals surface area contributed by atoms with Crippen LogP contribution >= 0.6 is 0 Å². The second-order valence-electron chi connectivity index (χ2n) is 14.0. The van der Waals surface area contributed by atoms with E-state index in [1.165, 1.54) is 24.8 Å². The van der Waals surface area contributed by atoms with E-state index in [-0.39, 0.29) is 29.5 Å². The highest BCUT2D eigenvalue weighted by Gasteiger charge is 2.53. The lowest BCUT2D eigenvalue weighted by atomic mass is 9.72. The number of methoxy groups -OCH3 is 1. The van der Waals surface area contributed by atoms with E-state index in [4.69, 9.17) is 9.88 Å². The molecule has 0 radical (unpaired) electrons. The zero-order valence-corrected chi connectivity index (χ0v) is 26.6. The van der Waals surface area contributed by atoms with E-state index in [0.29, 0.717) is 24.9 Å². The number of nitrogens with zero attached hydrogens (tertiary/aromatic N) is 3. The Morgan fingerprint density at radius 3 is 2.43 bits per heavy atom. The fourth-order valence-corrected chi connectivity index (χ4v) is 9.45. The number of carbonyl (C=O) groups is 2. The Kier molecular flexibility index (Phi) is 7.21. The van der Waals surface area contributed by atoms with E-state index >= 15 is 0 Å². The van der Waals surface area contributed by atoms with E-state index in [9.17, 15) is 18.0 Å². The van der Waals surface area contributed by atoms with Gasteiger partial charge in [0.05, 0.1) is 18.6 Å². The van der Waals surface area contributed by atoms with Crippen molar-refractivity contribution in [2.24, 2.45) is 16.5 Å². The van der Waals surface area contributed by atoms with E-state index < -0.39 is 21.5 Å². The van der Waals surface area contributed by atoms with Crippen molar-refractivity contribution in [3.8, 4) is 5.75 Å². The summed E-state index contributed by atoms with van der Waals surface area (Å²) in [6, 6.07) is 12.4. The van der Waals surface area contributed by atoms with Crippen molar-refractivity contribution in [3.05, 3.63) is 58.7 Å². The van der Waals surface area contributed by atoms with Gasteiger partial charge in [-0.25, -0.2) is 9.86 Å². The van der Waals surface area contributed by atoms with Gasteiger partial charge in [0, 0.05) is 48.9 Å². The molecule has 3 fully saturated rings. The third kappa shape index (κ3) is 4.97. The molecule has 0 spiro atoms. The van der Waals surface area contributed by atoms with Gasteiger partial charge in [-0.2, -0.15) is 8.42 Å². The number of benzene rings is 2. The van der Waals surface area contributed by atoms with E-state index in [0.717, 1.165) is 54.9 Å². The van der Waals surface area contributed by atoms with Gasteiger partial charge in [-0.15, -0.1) is 0 Å². The van der Waals surface area contributed by atoms with Crippen molar-refractivity contribution in [1.82, 2.24) is 14.5 Å². The Morgan fingerprint density at radius 1 is 1.02 bits per heavy atom. The van der Waals surface area contributed by atoms with Crippen LogP contribution in [0.25, 0.3) is 0 Å². The van der Waals surface area contributed by atoms with Crippen LogP contribution in [0.3, 0.4) is 0 Å². The van der Waals surface area contributed by atoms with Crippen LogP contribution in [0, 0.1) is 11.3 Å². The number of likely N-dealkylation sites (tertiary alicyclic amines) is 2. The number of carbonyl (C=O) groups excluding carboxylic acids is 2. The lowest BCUT2D eigenvalue weighted by molar-refractivity contribution is -0.143. The minimum Gasteiger partial charge on any atom is -0.497 e. The first-order chi connectivity index (χ1) is 21.0. The van der Waals surface area contributed by atoms with Crippen LogP contribution in [-0.2, 0) is 21.4 Å². The molecular formula is C33H43N5O5S. The maximum absolute atomic E-state index is 14.7. The first-order valence-corrected chi connectivity index (χ1v) is 17.4. The minimum absolute atomic E-state index is 0.0126. The molecule has 7 rings (SSSR count). The number of rotatable bonds is 5. The number of amides is 2. The number of piperazine rings is 1. The van der Waals surface area contributed by atoms with Crippen LogP contribution in [0.1, 0.15) is 84.5 Å². The molecule has 4 heterocycles. The van der Waals surface area contributed by atoms with Crippen LogP contribution in [0.15, 0.2) is 36.4 Å². The lowest BCUT2D eigenvalue weighted by Crippen LogP contribution is -2.54. The zero-order chi connectivity index (χ0) is 31.0. The molecule has 2 aromatic carbocycles. The molecule has 10 nitrogen and oxygen atoms in total. The number of nitrogens with one attached hydrogen (secondary N) is 1. The van der Waals surface area contributed by atoms with Gasteiger partial charge in [0.15, 0.2) is 0 Å². The zero-order valence-electron chi connectivity index (χ0n) is 25.8. The number of fused-ring (bicyclic) bond motifs is 7. The van der Waals surface area contributed by atoms with Crippen molar-refractivity contribution in [2.75, 3.05) is 38.7 Å². The van der Waals surface area contributed by atoms with Gasteiger partial charge in [0.25, 0.3) is 16.1 Å². The number of hydrogen-bond donors (Lipinski definition) is 2. The molecule has 2 aromatic rings. The summed E-state index contributed by atoms with van der Waals surface area (Å²) in [5.41, 5.74) is 3.90. The van der Waals surface area contributed by atoms with Crippen LogP contribution < -0.4 is 19.5 Å². The van der Waals surface area contributed by atoms with E-state index in [1.807, 2.05) is 16.9 Å². The number of likely N-dealkylation sites (N-methyl/N-ethyl adjacent to an activating group) is 1. The van der Waals surface area contributed by atoms with Crippen LogP contribution in [0.2, 0.25) is 0 Å². The van der Waals surface area contributed by atoms with Crippen molar-refractivity contribution in [3.63, 3.8) is 0 Å². The van der Waals surface area contributed by atoms with Crippen molar-refractivity contribution < 1.29 is 22.7 Å². The molecular weight excluding hydrogens is 578 g/mol. The van der Waals surface area contributed by atoms with Crippen LogP contribution in [0.4, 0.5) is 5.69 Å². The second kappa shape index (κ2) is 10.7. The Bertz CT molecular complexity index is 1610. The minimum atomic E-state index is -4.22. The van der Waals surface area contributed by atoms with Crippen LogP contribution in [0.5, 0.6) is 5.75 Å². The second-order valence-corrected chi connectivity index (χ2v) is 15.3.